The van der Waals surface area contributed by atoms with Crippen LogP contribution in [-0.2, 0) is 18.3 Å². The molecular formula is C11H21N4OS+. The predicted octanol–water partition coefficient (Wildman–Crippen LogP) is -0.268. The Bertz CT molecular complexity index is 349. The summed E-state index contributed by atoms with van der Waals surface area (Å²) in [6.45, 7) is 7.02. The maximum absolute atomic E-state index is 5.36. The molecule has 1 saturated heterocycles. The van der Waals surface area contributed by atoms with Crippen LogP contribution in [0.2, 0.25) is 0 Å². The van der Waals surface area contributed by atoms with Gasteiger partial charge in [0.15, 0.2) is 11.0 Å². The summed E-state index contributed by atoms with van der Waals surface area (Å²) in [5.41, 5.74) is 0. The molecule has 1 N–H and O–H groups in total. The van der Waals surface area contributed by atoms with Crippen LogP contribution in [0.4, 0.5) is 0 Å². The molecule has 96 valence electrons. The van der Waals surface area contributed by atoms with Gasteiger partial charge in [0.1, 0.15) is 19.6 Å². The van der Waals surface area contributed by atoms with Gasteiger partial charge in [-0.15, -0.1) is 10.2 Å². The van der Waals surface area contributed by atoms with Crippen LogP contribution in [0.15, 0.2) is 5.16 Å². The summed E-state index contributed by atoms with van der Waals surface area (Å²) in [6, 6.07) is 0. The average molecular weight is 257 g/mol. The van der Waals surface area contributed by atoms with E-state index in [9.17, 15) is 0 Å². The molecule has 0 amide bonds. The molecule has 2 heterocycles. The van der Waals surface area contributed by atoms with E-state index in [-0.39, 0.29) is 0 Å². The van der Waals surface area contributed by atoms with Gasteiger partial charge in [0.2, 0.25) is 0 Å². The monoisotopic (exact) mass is 257 g/mol. The van der Waals surface area contributed by atoms with Crippen molar-refractivity contribution in [3.05, 3.63) is 5.82 Å². The molecule has 0 bridgehead atoms. The first-order chi connectivity index (χ1) is 8.31. The van der Waals surface area contributed by atoms with Crippen molar-refractivity contribution in [2.24, 2.45) is 7.05 Å². The van der Waals surface area contributed by atoms with Crippen molar-refractivity contribution in [1.82, 2.24) is 14.8 Å². The quantitative estimate of drug-likeness (QED) is 0.738. The van der Waals surface area contributed by atoms with Gasteiger partial charge in [-0.3, -0.25) is 0 Å². The van der Waals surface area contributed by atoms with Crippen LogP contribution in [0, 0.1) is 0 Å². The number of thioether (sulfide) groups is 1. The van der Waals surface area contributed by atoms with Crippen molar-refractivity contribution in [1.29, 1.82) is 0 Å². The van der Waals surface area contributed by atoms with E-state index in [1.54, 1.807) is 16.7 Å². The van der Waals surface area contributed by atoms with Gasteiger partial charge >= 0.3 is 0 Å². The first-order valence-corrected chi connectivity index (χ1v) is 7.22. The predicted molar refractivity (Wildman–Crippen MR) is 67.2 cm³/mol. The van der Waals surface area contributed by atoms with Gasteiger partial charge in [-0.25, -0.2) is 0 Å². The smallest absolute Gasteiger partial charge is 0.191 e. The van der Waals surface area contributed by atoms with E-state index in [0.29, 0.717) is 0 Å². The maximum Gasteiger partial charge on any atom is 0.191 e. The third-order valence-electron chi connectivity index (χ3n) is 2.97. The van der Waals surface area contributed by atoms with Gasteiger partial charge in [0.25, 0.3) is 0 Å². The second kappa shape index (κ2) is 6.37. The van der Waals surface area contributed by atoms with Crippen molar-refractivity contribution < 1.29 is 9.64 Å². The zero-order valence-corrected chi connectivity index (χ0v) is 11.4. The van der Waals surface area contributed by atoms with Gasteiger partial charge in [-0.05, 0) is 6.42 Å². The fourth-order valence-electron chi connectivity index (χ4n) is 1.88. The van der Waals surface area contributed by atoms with Crippen molar-refractivity contribution in [2.75, 3.05) is 32.1 Å². The third-order valence-corrected chi connectivity index (χ3v) is 4.19. The number of aromatic nitrogens is 3. The summed E-state index contributed by atoms with van der Waals surface area (Å²) >= 11 is 1.79. The minimum Gasteiger partial charge on any atom is -0.370 e. The molecule has 0 aliphatic carbocycles. The second-order valence-corrected chi connectivity index (χ2v) is 5.41. The fraction of sp³-hybridized carbons (Fsp3) is 0.818. The lowest BCUT2D eigenvalue weighted by molar-refractivity contribution is -0.922. The number of ether oxygens (including phenoxy) is 1. The van der Waals surface area contributed by atoms with E-state index in [4.69, 9.17) is 4.74 Å². The number of rotatable bonds is 5. The summed E-state index contributed by atoms with van der Waals surface area (Å²) in [5.74, 6) is 2.19. The van der Waals surface area contributed by atoms with Crippen molar-refractivity contribution in [2.45, 2.75) is 25.0 Å². The molecular weight excluding hydrogens is 236 g/mol. The van der Waals surface area contributed by atoms with Crippen molar-refractivity contribution >= 4 is 11.8 Å². The van der Waals surface area contributed by atoms with E-state index in [0.717, 1.165) is 49.6 Å². The molecule has 1 fully saturated rings. The Hall–Kier alpha value is -0.590. The average Bonchev–Trinajstić information content (AvgIpc) is 2.70. The fourth-order valence-corrected chi connectivity index (χ4v) is 2.66. The summed E-state index contributed by atoms with van der Waals surface area (Å²) in [6.07, 6.45) is 1.17. The molecule has 0 saturated carbocycles. The van der Waals surface area contributed by atoms with E-state index in [2.05, 4.69) is 28.7 Å². The Morgan fingerprint density at radius 2 is 2.12 bits per heavy atom. The molecule has 6 heteroatoms. The molecule has 0 atom stereocenters. The van der Waals surface area contributed by atoms with Crippen LogP contribution in [0.3, 0.4) is 0 Å². The highest BCUT2D eigenvalue weighted by Crippen LogP contribution is 2.15. The Morgan fingerprint density at radius 1 is 1.35 bits per heavy atom. The molecule has 1 aliphatic rings. The number of morpholine rings is 1. The Balaban J connectivity index is 1.93. The van der Waals surface area contributed by atoms with Crippen molar-refractivity contribution in [3.8, 4) is 0 Å². The summed E-state index contributed by atoms with van der Waals surface area (Å²) < 4.78 is 7.49. The highest BCUT2D eigenvalue weighted by atomic mass is 32.2. The highest BCUT2D eigenvalue weighted by molar-refractivity contribution is 7.99. The lowest BCUT2D eigenvalue weighted by Crippen LogP contribution is -3.12. The topological polar surface area (TPSA) is 44.4 Å². The first kappa shape index (κ1) is 12.9. The van der Waals surface area contributed by atoms with Crippen LogP contribution in [0.5, 0.6) is 0 Å². The highest BCUT2D eigenvalue weighted by Gasteiger charge is 2.18. The molecule has 2 rings (SSSR count). The molecule has 17 heavy (non-hydrogen) atoms. The van der Waals surface area contributed by atoms with Crippen LogP contribution in [0.1, 0.15) is 19.2 Å². The van der Waals surface area contributed by atoms with Gasteiger partial charge in [0, 0.05) is 12.8 Å². The van der Waals surface area contributed by atoms with Gasteiger partial charge < -0.3 is 14.2 Å². The molecule has 1 aliphatic heterocycles. The van der Waals surface area contributed by atoms with Gasteiger partial charge in [0.05, 0.1) is 13.2 Å². The molecule has 1 aromatic rings. The van der Waals surface area contributed by atoms with Crippen LogP contribution in [-0.4, -0.2) is 46.8 Å². The molecule has 0 unspecified atom stereocenters. The summed E-state index contributed by atoms with van der Waals surface area (Å²) in [7, 11) is 2.06. The minimum atomic E-state index is 0.866. The molecule has 1 aromatic heterocycles. The summed E-state index contributed by atoms with van der Waals surface area (Å²) in [5, 5.41) is 9.58. The zero-order valence-electron chi connectivity index (χ0n) is 10.6. The second-order valence-electron chi connectivity index (χ2n) is 4.35. The summed E-state index contributed by atoms with van der Waals surface area (Å²) in [4.78, 5) is 1.54. The van der Waals surface area contributed by atoms with Gasteiger partial charge in [-0.2, -0.15) is 0 Å². The van der Waals surface area contributed by atoms with Crippen LogP contribution < -0.4 is 4.90 Å². The Kier molecular flexibility index (Phi) is 4.82. The Morgan fingerprint density at radius 3 is 2.82 bits per heavy atom. The van der Waals surface area contributed by atoms with Gasteiger partial charge in [-0.1, -0.05) is 18.7 Å². The maximum atomic E-state index is 5.36. The number of hydrogen-bond donors (Lipinski definition) is 1. The van der Waals surface area contributed by atoms with E-state index in [1.807, 2.05) is 0 Å². The Labute approximate surface area is 107 Å². The third kappa shape index (κ3) is 3.43. The lowest BCUT2D eigenvalue weighted by Gasteiger charge is -2.23. The molecule has 5 nitrogen and oxygen atoms in total. The number of nitrogens with zero attached hydrogens (tertiary/aromatic N) is 3. The van der Waals surface area contributed by atoms with E-state index >= 15 is 0 Å². The molecule has 0 spiro atoms. The first-order valence-electron chi connectivity index (χ1n) is 6.23. The van der Waals surface area contributed by atoms with E-state index < -0.39 is 0 Å². The number of quaternary nitrogens is 1. The molecule has 0 aromatic carbocycles. The van der Waals surface area contributed by atoms with E-state index in [1.165, 1.54) is 6.42 Å². The zero-order chi connectivity index (χ0) is 12.1. The SMILES string of the molecule is CCCSc1nnc(C[NH+]2CCOCC2)n1C. The number of nitrogens with one attached hydrogen (secondary N) is 1. The molecule has 0 radical (unpaired) electrons. The lowest BCUT2D eigenvalue weighted by atomic mass is 10.4. The largest absolute Gasteiger partial charge is 0.370 e. The van der Waals surface area contributed by atoms with Crippen LogP contribution >= 0.6 is 11.8 Å². The standard InChI is InChI=1S/C11H20N4OS/c1-3-8-17-11-13-12-10(14(11)2)9-15-4-6-16-7-5-15/h3-9H2,1-2H3/p+1. The van der Waals surface area contributed by atoms with Crippen molar-refractivity contribution in [3.63, 3.8) is 0 Å². The normalized spacial score (nSPS) is 17.5. The number of hydrogen-bond acceptors (Lipinski definition) is 4. The minimum absolute atomic E-state index is 0.866. The van der Waals surface area contributed by atoms with Crippen LogP contribution in [0.25, 0.3) is 0 Å².